The quantitative estimate of drug-likeness (QED) is 0.503. The van der Waals surface area contributed by atoms with Gasteiger partial charge in [-0.2, -0.15) is 0 Å². The normalized spacial score (nSPS) is 35.8. The molecule has 3 unspecified atom stereocenters. The molecule has 0 saturated carbocycles. The van der Waals surface area contributed by atoms with Crippen LogP contribution in [0.3, 0.4) is 0 Å². The molecule has 4 N–H and O–H groups in total. The number of amides is 2. The van der Waals surface area contributed by atoms with Crippen LogP contribution in [0.5, 0.6) is 0 Å². The molecule has 3 aliphatic rings. The van der Waals surface area contributed by atoms with Gasteiger partial charge in [-0.1, -0.05) is 18.2 Å². The van der Waals surface area contributed by atoms with Gasteiger partial charge in [0.1, 0.15) is 0 Å². The lowest BCUT2D eigenvalue weighted by Gasteiger charge is -2.40. The number of piperidine rings is 1. The van der Waals surface area contributed by atoms with Crippen LogP contribution in [0.4, 0.5) is 5.69 Å². The average molecular weight is 258 g/mol. The molecule has 6 heteroatoms. The van der Waals surface area contributed by atoms with Crippen molar-refractivity contribution in [2.24, 2.45) is 5.92 Å². The number of hydrogen-bond donors (Lipinski definition) is 4. The van der Waals surface area contributed by atoms with E-state index in [1.807, 2.05) is 24.3 Å². The standard InChI is InChI=1S/C13H14N4O2/c18-10-5-13(8-6-14-17-11(8)16-10)7-3-1-2-4-9(7)15-12(13)19/h1-4,8,11,14,17H,5-6H2,(H,15,19)(H,16,18). The third-order valence-corrected chi connectivity index (χ3v) is 4.43. The van der Waals surface area contributed by atoms with Crippen LogP contribution >= 0.6 is 0 Å². The van der Waals surface area contributed by atoms with E-state index in [1.165, 1.54) is 0 Å². The van der Waals surface area contributed by atoms with Crippen molar-refractivity contribution in [3.05, 3.63) is 29.8 Å². The molecule has 1 aromatic rings. The number of fused-ring (bicyclic) bond motifs is 4. The van der Waals surface area contributed by atoms with Gasteiger partial charge in [0.2, 0.25) is 11.8 Å². The summed E-state index contributed by atoms with van der Waals surface area (Å²) in [4.78, 5) is 24.5. The molecule has 1 spiro atoms. The van der Waals surface area contributed by atoms with Gasteiger partial charge in [0, 0.05) is 24.6 Å². The topological polar surface area (TPSA) is 82.3 Å². The number of benzene rings is 1. The Morgan fingerprint density at radius 1 is 1.21 bits per heavy atom. The van der Waals surface area contributed by atoms with Gasteiger partial charge in [-0.15, -0.1) is 0 Å². The predicted molar refractivity (Wildman–Crippen MR) is 67.9 cm³/mol. The minimum atomic E-state index is -0.750. The van der Waals surface area contributed by atoms with Gasteiger partial charge in [0.05, 0.1) is 11.6 Å². The fraction of sp³-hybridized carbons (Fsp3) is 0.385. The number of para-hydroxylation sites is 1. The zero-order valence-electron chi connectivity index (χ0n) is 10.2. The van der Waals surface area contributed by atoms with Gasteiger partial charge >= 0.3 is 0 Å². The fourth-order valence-corrected chi connectivity index (χ4v) is 3.58. The minimum absolute atomic E-state index is 0.0221. The summed E-state index contributed by atoms with van der Waals surface area (Å²) in [6, 6.07) is 7.64. The van der Waals surface area contributed by atoms with E-state index in [-0.39, 0.29) is 30.3 Å². The summed E-state index contributed by atoms with van der Waals surface area (Å²) in [6.07, 6.45) is 0.0126. The first-order valence-corrected chi connectivity index (χ1v) is 6.40. The molecule has 19 heavy (non-hydrogen) atoms. The Kier molecular flexibility index (Phi) is 2.05. The number of anilines is 1. The van der Waals surface area contributed by atoms with Gasteiger partial charge in [0.15, 0.2) is 0 Å². The molecule has 0 aliphatic carbocycles. The Labute approximate surface area is 109 Å². The zero-order chi connectivity index (χ0) is 13.0. The highest BCUT2D eigenvalue weighted by Crippen LogP contribution is 2.48. The van der Waals surface area contributed by atoms with E-state index in [4.69, 9.17) is 0 Å². The molecule has 98 valence electrons. The minimum Gasteiger partial charge on any atom is -0.339 e. The number of rotatable bonds is 0. The molecule has 4 rings (SSSR count). The summed E-state index contributed by atoms with van der Waals surface area (Å²) in [7, 11) is 0. The average Bonchev–Trinajstić information content (AvgIpc) is 2.95. The predicted octanol–water partition coefficient (Wildman–Crippen LogP) is -0.553. The highest BCUT2D eigenvalue weighted by atomic mass is 16.2. The van der Waals surface area contributed by atoms with Crippen LogP contribution in [0.2, 0.25) is 0 Å². The van der Waals surface area contributed by atoms with Crippen LogP contribution in [0.1, 0.15) is 12.0 Å². The summed E-state index contributed by atoms with van der Waals surface area (Å²) in [5.41, 5.74) is 7.09. The maximum absolute atomic E-state index is 12.5. The van der Waals surface area contributed by atoms with Crippen molar-refractivity contribution >= 4 is 17.5 Å². The van der Waals surface area contributed by atoms with Gasteiger partial charge in [-0.05, 0) is 11.6 Å². The number of carbonyl (C=O) groups is 2. The summed E-state index contributed by atoms with van der Waals surface area (Å²) >= 11 is 0. The first-order chi connectivity index (χ1) is 9.22. The van der Waals surface area contributed by atoms with Crippen LogP contribution in [0.25, 0.3) is 0 Å². The molecule has 0 aromatic heterocycles. The van der Waals surface area contributed by atoms with E-state index in [1.54, 1.807) is 0 Å². The van der Waals surface area contributed by atoms with Crippen LogP contribution in [0.15, 0.2) is 24.3 Å². The van der Waals surface area contributed by atoms with Gasteiger partial charge in [0.25, 0.3) is 0 Å². The van der Waals surface area contributed by atoms with Gasteiger partial charge in [-0.3, -0.25) is 15.0 Å². The molecule has 0 bridgehead atoms. The lowest BCUT2D eigenvalue weighted by Crippen LogP contribution is -2.61. The van der Waals surface area contributed by atoms with Crippen molar-refractivity contribution in [2.45, 2.75) is 18.0 Å². The highest BCUT2D eigenvalue weighted by molar-refractivity contribution is 6.09. The third-order valence-electron chi connectivity index (χ3n) is 4.43. The highest BCUT2D eigenvalue weighted by Gasteiger charge is 2.59. The Balaban J connectivity index is 1.91. The van der Waals surface area contributed by atoms with E-state index < -0.39 is 5.41 Å². The largest absolute Gasteiger partial charge is 0.339 e. The fourth-order valence-electron chi connectivity index (χ4n) is 3.58. The van der Waals surface area contributed by atoms with Crippen LogP contribution in [-0.4, -0.2) is 24.5 Å². The van der Waals surface area contributed by atoms with Crippen molar-refractivity contribution < 1.29 is 9.59 Å². The molecule has 2 saturated heterocycles. The second kappa shape index (κ2) is 3.55. The lowest BCUT2D eigenvalue weighted by atomic mass is 9.66. The second-order valence-corrected chi connectivity index (χ2v) is 5.32. The monoisotopic (exact) mass is 258 g/mol. The molecular weight excluding hydrogens is 244 g/mol. The lowest BCUT2D eigenvalue weighted by molar-refractivity contribution is -0.134. The van der Waals surface area contributed by atoms with Crippen molar-refractivity contribution in [2.75, 3.05) is 11.9 Å². The molecular formula is C13H14N4O2. The Morgan fingerprint density at radius 3 is 2.95 bits per heavy atom. The summed E-state index contributed by atoms with van der Waals surface area (Å²) < 4.78 is 0. The summed E-state index contributed by atoms with van der Waals surface area (Å²) in [5, 5.41) is 5.80. The van der Waals surface area contributed by atoms with Crippen molar-refractivity contribution in [1.29, 1.82) is 0 Å². The Morgan fingerprint density at radius 2 is 2.05 bits per heavy atom. The smallest absolute Gasteiger partial charge is 0.236 e. The van der Waals surface area contributed by atoms with Gasteiger partial charge < -0.3 is 10.6 Å². The molecule has 3 atom stereocenters. The zero-order valence-corrected chi connectivity index (χ0v) is 10.2. The number of carbonyl (C=O) groups excluding carboxylic acids is 2. The number of hydrazine groups is 1. The van der Waals surface area contributed by atoms with Crippen molar-refractivity contribution in [3.63, 3.8) is 0 Å². The van der Waals surface area contributed by atoms with E-state index in [0.717, 1.165) is 11.3 Å². The van der Waals surface area contributed by atoms with Gasteiger partial charge in [-0.25, -0.2) is 5.43 Å². The van der Waals surface area contributed by atoms with Crippen LogP contribution in [-0.2, 0) is 15.0 Å². The Bertz CT molecular complexity index is 588. The maximum atomic E-state index is 12.5. The molecule has 1 aromatic carbocycles. The van der Waals surface area contributed by atoms with Crippen molar-refractivity contribution in [3.8, 4) is 0 Å². The molecule has 3 aliphatic heterocycles. The molecule has 6 nitrogen and oxygen atoms in total. The molecule has 0 radical (unpaired) electrons. The van der Waals surface area contributed by atoms with E-state index in [0.29, 0.717) is 6.54 Å². The maximum Gasteiger partial charge on any atom is 0.236 e. The molecule has 2 fully saturated rings. The first kappa shape index (κ1) is 11.0. The van der Waals surface area contributed by atoms with E-state index in [9.17, 15) is 9.59 Å². The van der Waals surface area contributed by atoms with E-state index in [2.05, 4.69) is 21.5 Å². The third kappa shape index (κ3) is 1.27. The SMILES string of the molecule is O=C1CC2(C(=O)Nc3ccccc32)C2CNNC2N1. The number of nitrogens with one attached hydrogen (secondary N) is 4. The molecule has 2 amide bonds. The second-order valence-electron chi connectivity index (χ2n) is 5.32. The first-order valence-electron chi connectivity index (χ1n) is 6.40. The van der Waals surface area contributed by atoms with Crippen LogP contribution < -0.4 is 21.5 Å². The number of hydrogen-bond acceptors (Lipinski definition) is 4. The van der Waals surface area contributed by atoms with Crippen LogP contribution in [0, 0.1) is 5.92 Å². The van der Waals surface area contributed by atoms with E-state index >= 15 is 0 Å². The Hall–Kier alpha value is -1.92. The van der Waals surface area contributed by atoms with Crippen molar-refractivity contribution in [1.82, 2.24) is 16.2 Å². The molecule has 3 heterocycles. The summed E-state index contributed by atoms with van der Waals surface area (Å²) in [5.74, 6) is -0.137. The summed E-state index contributed by atoms with van der Waals surface area (Å²) in [6.45, 7) is 0.659.